The van der Waals surface area contributed by atoms with Gasteiger partial charge in [-0.3, -0.25) is 9.78 Å². The molecule has 0 radical (unpaired) electrons. The van der Waals surface area contributed by atoms with E-state index in [9.17, 15) is 9.18 Å². The lowest BCUT2D eigenvalue weighted by Gasteiger charge is -2.12. The number of H-pyrrole nitrogens is 1. The number of carbonyl (C=O) groups is 1. The van der Waals surface area contributed by atoms with Crippen LogP contribution in [0.15, 0.2) is 30.5 Å². The number of carbonyl (C=O) groups excluding carboxylic acids is 1. The van der Waals surface area contributed by atoms with Gasteiger partial charge in [-0.15, -0.1) is 0 Å². The van der Waals surface area contributed by atoms with Gasteiger partial charge in [-0.2, -0.15) is 0 Å². The number of nitrogens with two attached hydrogens (primary N) is 1. The van der Waals surface area contributed by atoms with Crippen LogP contribution in [0.2, 0.25) is 5.02 Å². The van der Waals surface area contributed by atoms with Crippen LogP contribution in [0, 0.1) is 5.82 Å². The fraction of sp³-hybridized carbons (Fsp3) is 0.278. The third-order valence-corrected chi connectivity index (χ3v) is 5.00. The SMILES string of the molecule is C[n+]1nc(-c2c(F)cccc2-c2cnc(CNC(=O)C3(N)CC3)c(Cl)c2)n[nH]1. The topological polar surface area (TPSA) is 113 Å². The summed E-state index contributed by atoms with van der Waals surface area (Å²) in [7, 11) is 1.66. The molecule has 0 aliphatic heterocycles. The van der Waals surface area contributed by atoms with Crippen molar-refractivity contribution in [1.82, 2.24) is 25.7 Å². The molecule has 2 heterocycles. The molecular weight excluding hydrogens is 385 g/mol. The number of aromatic amines is 1. The highest BCUT2D eigenvalue weighted by atomic mass is 35.5. The summed E-state index contributed by atoms with van der Waals surface area (Å²) in [5, 5.41) is 13.9. The minimum atomic E-state index is -0.754. The number of nitrogens with zero attached hydrogens (tertiary/aromatic N) is 4. The Labute approximate surface area is 164 Å². The highest BCUT2D eigenvalue weighted by Crippen LogP contribution is 2.34. The Hall–Kier alpha value is -2.91. The van der Waals surface area contributed by atoms with Crippen LogP contribution in [0.5, 0.6) is 0 Å². The van der Waals surface area contributed by atoms with Gasteiger partial charge in [0.05, 0.1) is 33.5 Å². The molecule has 0 bridgehead atoms. The van der Waals surface area contributed by atoms with E-state index >= 15 is 0 Å². The first kappa shape index (κ1) is 18.5. The number of hydrogen-bond donors (Lipinski definition) is 3. The largest absolute Gasteiger partial charge is 0.349 e. The van der Waals surface area contributed by atoms with Crippen LogP contribution >= 0.6 is 11.6 Å². The van der Waals surface area contributed by atoms with Crippen molar-refractivity contribution >= 4 is 17.5 Å². The number of nitrogens with one attached hydrogen (secondary N) is 2. The van der Waals surface area contributed by atoms with Gasteiger partial charge in [-0.05, 0) is 40.8 Å². The summed E-state index contributed by atoms with van der Waals surface area (Å²) in [5.41, 5.74) is 7.03. The number of hydrogen-bond acceptors (Lipinski definition) is 5. The fourth-order valence-electron chi connectivity index (χ4n) is 2.85. The van der Waals surface area contributed by atoms with Crippen molar-refractivity contribution in [3.63, 3.8) is 0 Å². The molecular formula is C18H18ClFN7O+. The van der Waals surface area contributed by atoms with E-state index < -0.39 is 11.4 Å². The molecule has 1 saturated carbocycles. The second-order valence-corrected chi connectivity index (χ2v) is 7.22. The van der Waals surface area contributed by atoms with Crippen LogP contribution < -0.4 is 15.8 Å². The molecule has 1 fully saturated rings. The van der Waals surface area contributed by atoms with E-state index in [0.29, 0.717) is 34.7 Å². The summed E-state index contributed by atoms with van der Waals surface area (Å²) in [5.74, 6) is -0.442. The first-order valence-electron chi connectivity index (χ1n) is 8.67. The predicted octanol–water partition coefficient (Wildman–Crippen LogP) is 1.26. The third-order valence-electron chi connectivity index (χ3n) is 4.67. The molecule has 0 unspecified atom stereocenters. The van der Waals surface area contributed by atoms with E-state index in [1.165, 1.54) is 10.9 Å². The molecule has 0 atom stereocenters. The zero-order chi connectivity index (χ0) is 19.9. The number of tetrazole rings is 1. The first-order chi connectivity index (χ1) is 13.4. The summed E-state index contributed by atoms with van der Waals surface area (Å²) in [6.07, 6.45) is 2.94. The Kier molecular flexibility index (Phi) is 4.56. The molecule has 144 valence electrons. The maximum atomic E-state index is 14.5. The van der Waals surface area contributed by atoms with Gasteiger partial charge in [0, 0.05) is 11.8 Å². The van der Waals surface area contributed by atoms with Gasteiger partial charge in [0.15, 0.2) is 0 Å². The van der Waals surface area contributed by atoms with Gasteiger partial charge in [0.1, 0.15) is 12.9 Å². The monoisotopic (exact) mass is 402 g/mol. The maximum absolute atomic E-state index is 14.5. The molecule has 4 rings (SSSR count). The van der Waals surface area contributed by atoms with Crippen molar-refractivity contribution < 1.29 is 14.0 Å². The van der Waals surface area contributed by atoms with E-state index in [0.717, 1.165) is 0 Å². The number of halogens is 2. The second-order valence-electron chi connectivity index (χ2n) is 6.81. The average Bonchev–Trinajstić information content (AvgIpc) is 3.28. The van der Waals surface area contributed by atoms with Crippen molar-refractivity contribution in [1.29, 1.82) is 0 Å². The standard InChI is InChI=1S/C18H17ClFN7O/c1-27-25-16(24-26-27)15-11(3-2-4-13(15)20)10-7-12(19)14(22-8-10)9-23-17(28)18(21)5-6-18/h2-4,7-8H,5-6,9,21H2,1H3,(H,23,28)/p+1. The predicted molar refractivity (Wildman–Crippen MR) is 99.2 cm³/mol. The fourth-order valence-corrected chi connectivity index (χ4v) is 3.08. The number of aryl methyl sites for hydroxylation is 1. The Bertz CT molecular complexity index is 1060. The number of amides is 1. The van der Waals surface area contributed by atoms with Gasteiger partial charge in [0.2, 0.25) is 5.91 Å². The summed E-state index contributed by atoms with van der Waals surface area (Å²) >= 11 is 6.35. The molecule has 4 N–H and O–H groups in total. The van der Waals surface area contributed by atoms with Crippen LogP contribution in [0.25, 0.3) is 22.5 Å². The van der Waals surface area contributed by atoms with E-state index in [-0.39, 0.29) is 23.8 Å². The lowest BCUT2D eigenvalue weighted by atomic mass is 10.00. The van der Waals surface area contributed by atoms with Gasteiger partial charge in [-0.1, -0.05) is 28.5 Å². The summed E-state index contributed by atoms with van der Waals surface area (Å²) < 4.78 is 14.5. The Balaban J connectivity index is 1.63. The molecule has 1 aliphatic rings. The third kappa shape index (κ3) is 3.46. The minimum Gasteiger partial charge on any atom is -0.349 e. The number of pyridine rings is 1. The molecule has 0 spiro atoms. The Morgan fingerprint density at radius 1 is 1.46 bits per heavy atom. The zero-order valence-corrected chi connectivity index (χ0v) is 15.8. The van der Waals surface area contributed by atoms with Crippen LogP contribution in [0.4, 0.5) is 4.39 Å². The van der Waals surface area contributed by atoms with E-state index in [4.69, 9.17) is 17.3 Å². The number of benzene rings is 1. The quantitative estimate of drug-likeness (QED) is 0.556. The van der Waals surface area contributed by atoms with Crippen molar-refractivity contribution in [2.24, 2.45) is 12.8 Å². The summed E-state index contributed by atoms with van der Waals surface area (Å²) in [6, 6.07) is 6.36. The van der Waals surface area contributed by atoms with Crippen molar-refractivity contribution in [3.8, 4) is 22.5 Å². The van der Waals surface area contributed by atoms with Crippen LogP contribution in [-0.2, 0) is 18.4 Å². The molecule has 1 aromatic carbocycles. The smallest absolute Gasteiger partial charge is 0.342 e. The molecule has 28 heavy (non-hydrogen) atoms. The van der Waals surface area contributed by atoms with Crippen molar-refractivity contribution in [3.05, 3.63) is 47.0 Å². The second kappa shape index (κ2) is 6.92. The van der Waals surface area contributed by atoms with Gasteiger partial charge < -0.3 is 11.1 Å². The van der Waals surface area contributed by atoms with Crippen molar-refractivity contribution in [2.75, 3.05) is 0 Å². The molecule has 8 nitrogen and oxygen atoms in total. The summed E-state index contributed by atoms with van der Waals surface area (Å²) in [6.45, 7) is 0.170. The lowest BCUT2D eigenvalue weighted by Crippen LogP contribution is -2.42. The summed E-state index contributed by atoms with van der Waals surface area (Å²) in [4.78, 5) is 17.7. The average molecular weight is 403 g/mol. The van der Waals surface area contributed by atoms with Gasteiger partial charge in [-0.25, -0.2) is 4.39 Å². The van der Waals surface area contributed by atoms with Crippen molar-refractivity contribution in [2.45, 2.75) is 24.9 Å². The Morgan fingerprint density at radius 3 is 2.89 bits per heavy atom. The highest BCUT2D eigenvalue weighted by molar-refractivity contribution is 6.31. The maximum Gasteiger partial charge on any atom is 0.342 e. The normalized spacial score (nSPS) is 14.7. The number of aromatic nitrogens is 5. The van der Waals surface area contributed by atoms with Gasteiger partial charge >= 0.3 is 5.82 Å². The number of rotatable bonds is 5. The van der Waals surface area contributed by atoms with Gasteiger partial charge in [0.25, 0.3) is 0 Å². The van der Waals surface area contributed by atoms with Crippen LogP contribution in [-0.4, -0.2) is 31.8 Å². The van der Waals surface area contributed by atoms with Crippen LogP contribution in [0.3, 0.4) is 0 Å². The zero-order valence-electron chi connectivity index (χ0n) is 15.0. The van der Waals surface area contributed by atoms with Crippen LogP contribution in [0.1, 0.15) is 18.5 Å². The molecule has 1 amide bonds. The van der Waals surface area contributed by atoms with E-state index in [1.807, 2.05) is 0 Å². The molecule has 10 heteroatoms. The lowest BCUT2D eigenvalue weighted by molar-refractivity contribution is -0.783. The van der Waals surface area contributed by atoms with E-state index in [2.05, 4.69) is 25.7 Å². The molecule has 3 aromatic rings. The molecule has 2 aromatic heterocycles. The van der Waals surface area contributed by atoms with E-state index in [1.54, 1.807) is 31.4 Å². The first-order valence-corrected chi connectivity index (χ1v) is 9.05. The highest BCUT2D eigenvalue weighted by Gasteiger charge is 2.45. The minimum absolute atomic E-state index is 0.170. The molecule has 1 aliphatic carbocycles. The molecule has 0 saturated heterocycles. The Morgan fingerprint density at radius 2 is 2.25 bits per heavy atom.